The van der Waals surface area contributed by atoms with Crippen molar-refractivity contribution in [3.63, 3.8) is 0 Å². The minimum atomic E-state index is -3.16. The molecule has 1 fully saturated rings. The van der Waals surface area contributed by atoms with E-state index in [-0.39, 0.29) is 6.07 Å². The summed E-state index contributed by atoms with van der Waals surface area (Å²) in [5.41, 5.74) is 2.73. The lowest BCUT2D eigenvalue weighted by Gasteiger charge is -2.15. The van der Waals surface area contributed by atoms with Crippen molar-refractivity contribution in [3.8, 4) is 0 Å². The number of hydrogen-bond donors (Lipinski definition) is 1. The fraction of sp³-hybridized carbons (Fsp3) is 0.400. The summed E-state index contributed by atoms with van der Waals surface area (Å²) in [7, 11) is 0. The molecule has 1 unspecified atom stereocenters. The van der Waals surface area contributed by atoms with Gasteiger partial charge in [0.15, 0.2) is 11.6 Å². The van der Waals surface area contributed by atoms with E-state index in [9.17, 15) is 22.0 Å². The van der Waals surface area contributed by atoms with Gasteiger partial charge in [-0.2, -0.15) is 0 Å². The number of hydrogen-bond acceptors (Lipinski definition) is 1. The van der Waals surface area contributed by atoms with E-state index in [0.717, 1.165) is 0 Å². The molecule has 2 N–H and O–H groups in total. The van der Waals surface area contributed by atoms with Gasteiger partial charge in [0.1, 0.15) is 5.82 Å². The Morgan fingerprint density at radius 2 is 1.56 bits per heavy atom. The first-order valence-electron chi connectivity index (χ1n) is 4.57. The van der Waals surface area contributed by atoms with Gasteiger partial charge in [-0.25, -0.2) is 22.0 Å². The molecule has 1 aromatic carbocycles. The maximum atomic E-state index is 13.3. The Morgan fingerprint density at radius 3 is 2.00 bits per heavy atom. The molecule has 1 aromatic rings. The SMILES string of the molecule is NCC1(c2cc(F)c(F)cc2F)CC1(F)F. The van der Waals surface area contributed by atoms with Gasteiger partial charge in [0.2, 0.25) is 0 Å². The van der Waals surface area contributed by atoms with E-state index in [1.54, 1.807) is 0 Å². The molecule has 1 atom stereocenters. The van der Waals surface area contributed by atoms with Crippen LogP contribution in [0.5, 0.6) is 0 Å². The fourth-order valence-corrected chi connectivity index (χ4v) is 1.85. The molecule has 0 aromatic heterocycles. The molecule has 0 heterocycles. The van der Waals surface area contributed by atoms with Crippen LogP contribution < -0.4 is 5.73 Å². The molecule has 0 amide bonds. The van der Waals surface area contributed by atoms with E-state index in [2.05, 4.69) is 0 Å². The number of benzene rings is 1. The van der Waals surface area contributed by atoms with Crippen LogP contribution in [0.4, 0.5) is 22.0 Å². The fourth-order valence-electron chi connectivity index (χ4n) is 1.85. The highest BCUT2D eigenvalue weighted by Crippen LogP contribution is 2.61. The Balaban J connectivity index is 2.53. The van der Waals surface area contributed by atoms with Crippen LogP contribution in [0.15, 0.2) is 12.1 Å². The van der Waals surface area contributed by atoms with E-state index in [0.29, 0.717) is 6.07 Å². The highest BCUT2D eigenvalue weighted by molar-refractivity contribution is 5.40. The van der Waals surface area contributed by atoms with Gasteiger partial charge in [-0.3, -0.25) is 0 Å². The van der Waals surface area contributed by atoms with Crippen LogP contribution in [0.2, 0.25) is 0 Å². The topological polar surface area (TPSA) is 26.0 Å². The summed E-state index contributed by atoms with van der Waals surface area (Å²) >= 11 is 0. The average molecular weight is 237 g/mol. The maximum Gasteiger partial charge on any atom is 0.260 e. The Hall–Kier alpha value is -1.17. The van der Waals surface area contributed by atoms with Crippen molar-refractivity contribution < 1.29 is 22.0 Å². The molecule has 1 nitrogen and oxygen atoms in total. The molecule has 6 heteroatoms. The Morgan fingerprint density at radius 1 is 1.06 bits per heavy atom. The first kappa shape index (κ1) is 11.3. The molecule has 1 aliphatic carbocycles. The third kappa shape index (κ3) is 1.32. The van der Waals surface area contributed by atoms with Crippen LogP contribution in [-0.4, -0.2) is 12.5 Å². The van der Waals surface area contributed by atoms with Crippen LogP contribution in [0.25, 0.3) is 0 Å². The number of alkyl halides is 2. The third-order valence-corrected chi connectivity index (χ3v) is 2.97. The van der Waals surface area contributed by atoms with Crippen molar-refractivity contribution in [2.75, 3.05) is 6.54 Å². The average Bonchev–Trinajstić information content (AvgIpc) is 2.76. The summed E-state index contributed by atoms with van der Waals surface area (Å²) in [6, 6.07) is 0.717. The lowest BCUT2D eigenvalue weighted by Crippen LogP contribution is -2.28. The van der Waals surface area contributed by atoms with Crippen LogP contribution in [0.3, 0.4) is 0 Å². The van der Waals surface area contributed by atoms with Gasteiger partial charge in [-0.15, -0.1) is 0 Å². The lowest BCUT2D eigenvalue weighted by molar-refractivity contribution is 0.0885. The number of nitrogens with two attached hydrogens (primary N) is 1. The van der Waals surface area contributed by atoms with E-state index in [1.165, 1.54) is 0 Å². The Labute approximate surface area is 88.1 Å². The summed E-state index contributed by atoms with van der Waals surface area (Å²) in [5, 5.41) is 0. The van der Waals surface area contributed by atoms with Gasteiger partial charge >= 0.3 is 0 Å². The molecule has 1 aliphatic rings. The molecule has 0 spiro atoms. The van der Waals surface area contributed by atoms with Crippen molar-refractivity contribution in [2.45, 2.75) is 17.8 Å². The predicted octanol–water partition coefficient (Wildman–Crippen LogP) is 2.34. The number of halogens is 5. The lowest BCUT2D eigenvalue weighted by atomic mass is 9.94. The van der Waals surface area contributed by atoms with Crippen LogP contribution >= 0.6 is 0 Å². The molecule has 1 saturated carbocycles. The van der Waals surface area contributed by atoms with Crippen molar-refractivity contribution in [2.24, 2.45) is 5.73 Å². The van der Waals surface area contributed by atoms with E-state index in [1.807, 2.05) is 0 Å². The zero-order valence-electron chi connectivity index (χ0n) is 8.04. The minimum absolute atomic E-state index is 0.260. The summed E-state index contributed by atoms with van der Waals surface area (Å²) in [5.74, 6) is -7.11. The van der Waals surface area contributed by atoms with Gasteiger partial charge in [0.05, 0.1) is 5.41 Å². The first-order chi connectivity index (χ1) is 7.34. The minimum Gasteiger partial charge on any atom is -0.329 e. The second-order valence-corrected chi connectivity index (χ2v) is 3.91. The van der Waals surface area contributed by atoms with Crippen LogP contribution in [0.1, 0.15) is 12.0 Å². The highest BCUT2D eigenvalue weighted by atomic mass is 19.3. The molecule has 2 rings (SSSR count). The summed E-state index contributed by atoms with van der Waals surface area (Å²) in [6.45, 7) is -0.512. The standard InChI is InChI=1S/C10H8F5N/c11-6-2-8(13)7(12)1-5(6)9(4-16)3-10(9,14)15/h1-2H,3-4,16H2. The van der Waals surface area contributed by atoms with Crippen molar-refractivity contribution in [1.82, 2.24) is 0 Å². The monoisotopic (exact) mass is 237 g/mol. The molecule has 88 valence electrons. The second kappa shape index (κ2) is 3.16. The molecule has 16 heavy (non-hydrogen) atoms. The molecular weight excluding hydrogens is 229 g/mol. The number of rotatable bonds is 2. The van der Waals surface area contributed by atoms with Gasteiger partial charge in [0.25, 0.3) is 5.92 Å². The normalized spacial score (nSPS) is 26.9. The van der Waals surface area contributed by atoms with Gasteiger partial charge < -0.3 is 5.73 Å². The maximum absolute atomic E-state index is 13.3. The van der Waals surface area contributed by atoms with E-state index >= 15 is 0 Å². The van der Waals surface area contributed by atoms with Crippen molar-refractivity contribution in [1.29, 1.82) is 0 Å². The largest absolute Gasteiger partial charge is 0.329 e. The van der Waals surface area contributed by atoms with Gasteiger partial charge in [-0.1, -0.05) is 0 Å². The molecule has 0 aliphatic heterocycles. The van der Waals surface area contributed by atoms with Crippen LogP contribution in [0, 0.1) is 17.5 Å². The zero-order valence-corrected chi connectivity index (χ0v) is 8.04. The van der Waals surface area contributed by atoms with E-state index in [4.69, 9.17) is 5.73 Å². The summed E-state index contributed by atoms with van der Waals surface area (Å²) in [4.78, 5) is 0. The van der Waals surface area contributed by atoms with Crippen molar-refractivity contribution in [3.05, 3.63) is 35.1 Å². The second-order valence-electron chi connectivity index (χ2n) is 3.91. The zero-order chi connectivity index (χ0) is 12.1. The summed E-state index contributed by atoms with van der Waals surface area (Å²) in [6.07, 6.45) is -0.640. The molecule has 0 bridgehead atoms. The van der Waals surface area contributed by atoms with E-state index < -0.39 is 47.3 Å². The molecular formula is C10H8F5N. The Kier molecular flexibility index (Phi) is 2.24. The quantitative estimate of drug-likeness (QED) is 0.620. The molecule has 0 saturated heterocycles. The first-order valence-corrected chi connectivity index (χ1v) is 4.57. The van der Waals surface area contributed by atoms with Crippen molar-refractivity contribution >= 4 is 0 Å². The van der Waals surface area contributed by atoms with Gasteiger partial charge in [0, 0.05) is 24.6 Å². The van der Waals surface area contributed by atoms with Crippen LogP contribution in [-0.2, 0) is 5.41 Å². The smallest absolute Gasteiger partial charge is 0.260 e. The third-order valence-electron chi connectivity index (χ3n) is 2.97. The Bertz CT molecular complexity index is 445. The van der Waals surface area contributed by atoms with Gasteiger partial charge in [-0.05, 0) is 6.07 Å². The summed E-state index contributed by atoms with van der Waals surface area (Å²) < 4.78 is 65.0. The highest BCUT2D eigenvalue weighted by Gasteiger charge is 2.72. The predicted molar refractivity (Wildman–Crippen MR) is 46.6 cm³/mol. The molecule has 0 radical (unpaired) electrons.